The fourth-order valence-electron chi connectivity index (χ4n) is 3.23. The van der Waals surface area contributed by atoms with Crippen molar-refractivity contribution in [3.8, 4) is 0 Å². The van der Waals surface area contributed by atoms with Gasteiger partial charge in [0.25, 0.3) is 0 Å². The van der Waals surface area contributed by atoms with Crippen LogP contribution in [-0.4, -0.2) is 53.6 Å². The monoisotopic (exact) mass is 334 g/mol. The molecule has 4 nitrogen and oxygen atoms in total. The minimum Gasteiger partial charge on any atom is -0.369 e. The Hall–Kier alpha value is -1.04. The number of rotatable bonds is 3. The molecule has 5 heteroatoms. The molecule has 0 bridgehead atoms. The third kappa shape index (κ3) is 4.08. The summed E-state index contributed by atoms with van der Waals surface area (Å²) in [6.07, 6.45) is 0.555. The van der Waals surface area contributed by atoms with Crippen molar-refractivity contribution in [3.05, 3.63) is 35.9 Å². The summed E-state index contributed by atoms with van der Waals surface area (Å²) in [5, 5.41) is 3.46. The van der Waals surface area contributed by atoms with Crippen molar-refractivity contribution in [3.63, 3.8) is 0 Å². The fraction of sp³-hybridized carbons (Fsp3) is 0.611. The summed E-state index contributed by atoms with van der Waals surface area (Å²) < 4.78 is 6.04. The number of hydrogen-bond acceptors (Lipinski definition) is 4. The smallest absolute Gasteiger partial charge is 0.224 e. The maximum Gasteiger partial charge on any atom is 0.224 e. The van der Waals surface area contributed by atoms with E-state index >= 15 is 0 Å². The van der Waals surface area contributed by atoms with Crippen molar-refractivity contribution in [2.75, 3.05) is 31.2 Å². The zero-order chi connectivity index (χ0) is 16.3. The summed E-state index contributed by atoms with van der Waals surface area (Å²) in [5.74, 6) is 2.40. The molecule has 23 heavy (non-hydrogen) atoms. The number of morpholine rings is 1. The molecule has 0 radical (unpaired) electrons. The van der Waals surface area contributed by atoms with Crippen LogP contribution in [0.5, 0.6) is 0 Å². The van der Waals surface area contributed by atoms with Crippen molar-refractivity contribution < 1.29 is 9.53 Å². The van der Waals surface area contributed by atoms with Crippen LogP contribution in [-0.2, 0) is 9.53 Å². The normalized spacial score (nSPS) is 27.7. The summed E-state index contributed by atoms with van der Waals surface area (Å²) in [7, 11) is 0. The number of nitrogens with one attached hydrogen (secondary N) is 1. The molecule has 0 saturated carbocycles. The molecule has 2 saturated heterocycles. The van der Waals surface area contributed by atoms with E-state index in [-0.39, 0.29) is 17.6 Å². The van der Waals surface area contributed by atoms with Gasteiger partial charge in [-0.05, 0) is 19.4 Å². The van der Waals surface area contributed by atoms with Crippen molar-refractivity contribution in [1.29, 1.82) is 0 Å². The van der Waals surface area contributed by atoms with Crippen LogP contribution in [0.1, 0.15) is 31.9 Å². The van der Waals surface area contributed by atoms with Gasteiger partial charge in [0.2, 0.25) is 5.91 Å². The molecule has 1 aromatic rings. The highest BCUT2D eigenvalue weighted by Crippen LogP contribution is 2.31. The Morgan fingerprint density at radius 1 is 1.39 bits per heavy atom. The fourth-order valence-corrected chi connectivity index (χ4v) is 4.18. The molecule has 0 spiro atoms. The van der Waals surface area contributed by atoms with Gasteiger partial charge in [-0.25, -0.2) is 0 Å². The van der Waals surface area contributed by atoms with Crippen LogP contribution in [0.2, 0.25) is 0 Å². The lowest BCUT2D eigenvalue weighted by Gasteiger charge is -2.46. The van der Waals surface area contributed by atoms with Gasteiger partial charge in [-0.1, -0.05) is 30.3 Å². The summed E-state index contributed by atoms with van der Waals surface area (Å²) in [4.78, 5) is 14.9. The molecule has 1 N–H and O–H groups in total. The van der Waals surface area contributed by atoms with Gasteiger partial charge in [-0.15, -0.1) is 0 Å². The van der Waals surface area contributed by atoms with Gasteiger partial charge in [0, 0.05) is 30.5 Å². The maximum atomic E-state index is 12.9. The highest BCUT2D eigenvalue weighted by Gasteiger charge is 2.39. The molecule has 0 aliphatic carbocycles. The quantitative estimate of drug-likeness (QED) is 0.922. The van der Waals surface area contributed by atoms with Crippen LogP contribution in [0.3, 0.4) is 0 Å². The highest BCUT2D eigenvalue weighted by molar-refractivity contribution is 7.99. The van der Waals surface area contributed by atoms with Gasteiger partial charge in [0.05, 0.1) is 18.7 Å². The van der Waals surface area contributed by atoms with Crippen molar-refractivity contribution in [1.82, 2.24) is 10.2 Å². The summed E-state index contributed by atoms with van der Waals surface area (Å²) in [5.41, 5.74) is 0.900. The average molecular weight is 334 g/mol. The van der Waals surface area contributed by atoms with E-state index in [0.717, 1.165) is 23.6 Å². The largest absolute Gasteiger partial charge is 0.369 e. The van der Waals surface area contributed by atoms with Crippen molar-refractivity contribution >= 4 is 17.7 Å². The molecule has 1 aromatic carbocycles. The zero-order valence-electron chi connectivity index (χ0n) is 14.0. The molecule has 0 aromatic heterocycles. The van der Waals surface area contributed by atoms with E-state index in [9.17, 15) is 4.79 Å². The molecular weight excluding hydrogens is 308 g/mol. The molecule has 3 rings (SSSR count). The minimum absolute atomic E-state index is 0.0261. The van der Waals surface area contributed by atoms with Crippen LogP contribution in [0.4, 0.5) is 0 Å². The SMILES string of the molecule is CC1(C)COC(c2ccccc2)CN1C(=O)CC1CSCCN1. The van der Waals surface area contributed by atoms with Gasteiger partial charge in [-0.2, -0.15) is 11.8 Å². The number of nitrogens with zero attached hydrogens (tertiary/aromatic N) is 1. The first kappa shape index (κ1) is 16.8. The first-order chi connectivity index (χ1) is 11.1. The van der Waals surface area contributed by atoms with Gasteiger partial charge < -0.3 is 15.0 Å². The van der Waals surface area contributed by atoms with Gasteiger partial charge >= 0.3 is 0 Å². The topological polar surface area (TPSA) is 41.6 Å². The second-order valence-corrected chi connectivity index (χ2v) is 8.11. The van der Waals surface area contributed by atoms with E-state index in [1.807, 2.05) is 34.9 Å². The van der Waals surface area contributed by atoms with Crippen molar-refractivity contribution in [2.24, 2.45) is 0 Å². The Morgan fingerprint density at radius 3 is 2.87 bits per heavy atom. The van der Waals surface area contributed by atoms with Gasteiger partial charge in [0.1, 0.15) is 6.10 Å². The molecule has 1 amide bonds. The number of hydrogen-bond donors (Lipinski definition) is 1. The lowest BCUT2D eigenvalue weighted by atomic mass is 9.97. The van der Waals surface area contributed by atoms with E-state index in [1.54, 1.807) is 0 Å². The number of benzene rings is 1. The first-order valence-corrected chi connectivity index (χ1v) is 9.50. The Balaban J connectivity index is 1.68. The van der Waals surface area contributed by atoms with E-state index in [0.29, 0.717) is 25.6 Å². The van der Waals surface area contributed by atoms with Crippen LogP contribution in [0.25, 0.3) is 0 Å². The number of carbonyl (C=O) groups excluding carboxylic acids is 1. The highest BCUT2D eigenvalue weighted by atomic mass is 32.2. The third-order valence-corrected chi connectivity index (χ3v) is 5.74. The molecule has 2 aliphatic rings. The number of carbonyl (C=O) groups is 1. The lowest BCUT2D eigenvalue weighted by Crippen LogP contribution is -2.57. The standard InChI is InChI=1S/C18H26N2O2S/c1-18(2)13-22-16(14-6-4-3-5-7-14)11-20(18)17(21)10-15-12-23-9-8-19-15/h3-7,15-16,19H,8-13H2,1-2H3. The van der Waals surface area contributed by atoms with Crippen LogP contribution < -0.4 is 5.32 Å². The molecule has 2 unspecified atom stereocenters. The van der Waals surface area contributed by atoms with Gasteiger partial charge in [0.15, 0.2) is 0 Å². The molecule has 2 heterocycles. The van der Waals surface area contributed by atoms with E-state index in [2.05, 4.69) is 31.3 Å². The number of ether oxygens (including phenoxy) is 1. The Bertz CT molecular complexity index is 529. The predicted octanol–water partition coefficient (Wildman–Crippen LogP) is 2.46. The Morgan fingerprint density at radius 2 is 2.17 bits per heavy atom. The lowest BCUT2D eigenvalue weighted by molar-refractivity contribution is -0.155. The second kappa shape index (κ2) is 7.24. The summed E-state index contributed by atoms with van der Waals surface area (Å²) >= 11 is 1.93. The van der Waals surface area contributed by atoms with E-state index in [1.165, 1.54) is 0 Å². The molecular formula is C18H26N2O2S. The van der Waals surface area contributed by atoms with Crippen LogP contribution in [0, 0.1) is 0 Å². The van der Waals surface area contributed by atoms with E-state index < -0.39 is 0 Å². The van der Waals surface area contributed by atoms with E-state index in [4.69, 9.17) is 4.74 Å². The zero-order valence-corrected chi connectivity index (χ0v) is 14.8. The summed E-state index contributed by atoms with van der Waals surface area (Å²) in [6.45, 7) is 6.40. The summed E-state index contributed by atoms with van der Waals surface area (Å²) in [6, 6.07) is 10.5. The van der Waals surface area contributed by atoms with Gasteiger partial charge in [-0.3, -0.25) is 4.79 Å². The minimum atomic E-state index is -0.246. The van der Waals surface area contributed by atoms with Crippen LogP contribution >= 0.6 is 11.8 Å². The van der Waals surface area contributed by atoms with Crippen LogP contribution in [0.15, 0.2) is 30.3 Å². The third-order valence-electron chi connectivity index (χ3n) is 4.61. The average Bonchev–Trinajstić information content (AvgIpc) is 2.56. The molecule has 126 valence electrons. The predicted molar refractivity (Wildman–Crippen MR) is 94.7 cm³/mol. The van der Waals surface area contributed by atoms with Crippen molar-refractivity contribution in [2.45, 2.75) is 38.0 Å². The second-order valence-electron chi connectivity index (χ2n) is 6.96. The molecule has 2 atom stereocenters. The number of thioether (sulfide) groups is 1. The maximum absolute atomic E-state index is 12.9. The number of amides is 1. The molecule has 2 aliphatic heterocycles. The first-order valence-electron chi connectivity index (χ1n) is 8.34. The Kier molecular flexibility index (Phi) is 5.29. The Labute approximate surface area is 143 Å². The molecule has 2 fully saturated rings.